The highest BCUT2D eigenvalue weighted by Crippen LogP contribution is 2.31. The predicted molar refractivity (Wildman–Crippen MR) is 81.6 cm³/mol. The third-order valence-electron chi connectivity index (χ3n) is 3.55. The number of likely N-dealkylation sites (N-methyl/N-ethyl adjacent to an activating group) is 1. The highest BCUT2D eigenvalue weighted by atomic mass is 16.5. The molecule has 0 spiro atoms. The number of piperazine rings is 1. The minimum absolute atomic E-state index is 0.150. The number of amides is 1. The van der Waals surface area contributed by atoms with Gasteiger partial charge in [0.15, 0.2) is 0 Å². The SMILES string of the molecule is COc1cc(NC(=O)CC#N)ccc1N1CCN(C)CC1. The highest BCUT2D eigenvalue weighted by molar-refractivity contribution is 5.92. The number of ether oxygens (including phenoxy) is 1. The van der Waals surface area contributed by atoms with Crippen molar-refractivity contribution in [3.63, 3.8) is 0 Å². The molecule has 0 bridgehead atoms. The number of methoxy groups -OCH3 is 1. The van der Waals surface area contributed by atoms with Gasteiger partial charge in [0.1, 0.15) is 12.2 Å². The maximum atomic E-state index is 11.4. The van der Waals surface area contributed by atoms with Crippen LogP contribution in [0.5, 0.6) is 5.75 Å². The Bertz CT molecular complexity index is 545. The minimum Gasteiger partial charge on any atom is -0.495 e. The van der Waals surface area contributed by atoms with Crippen LogP contribution in [0.3, 0.4) is 0 Å². The van der Waals surface area contributed by atoms with Gasteiger partial charge in [0, 0.05) is 37.9 Å². The van der Waals surface area contributed by atoms with Crippen LogP contribution in [0.2, 0.25) is 0 Å². The zero-order valence-electron chi connectivity index (χ0n) is 12.4. The van der Waals surface area contributed by atoms with Gasteiger partial charge in [-0.25, -0.2) is 0 Å². The zero-order valence-corrected chi connectivity index (χ0v) is 12.4. The number of carbonyl (C=O) groups excluding carboxylic acids is 1. The first-order valence-corrected chi connectivity index (χ1v) is 6.92. The Morgan fingerprint density at radius 2 is 2.10 bits per heavy atom. The summed E-state index contributed by atoms with van der Waals surface area (Å²) >= 11 is 0. The number of hydrogen-bond donors (Lipinski definition) is 1. The van der Waals surface area contributed by atoms with Crippen molar-refractivity contribution in [2.75, 3.05) is 50.6 Å². The molecule has 1 aliphatic rings. The summed E-state index contributed by atoms with van der Waals surface area (Å²) in [4.78, 5) is 16.0. The largest absolute Gasteiger partial charge is 0.495 e. The Hall–Kier alpha value is -2.26. The van der Waals surface area contributed by atoms with Crippen LogP contribution in [0.15, 0.2) is 18.2 Å². The number of rotatable bonds is 4. The molecular weight excluding hydrogens is 268 g/mol. The molecule has 2 rings (SSSR count). The van der Waals surface area contributed by atoms with Crippen LogP contribution in [0.4, 0.5) is 11.4 Å². The summed E-state index contributed by atoms with van der Waals surface area (Å²) in [6.07, 6.45) is -0.150. The molecule has 1 amide bonds. The first kappa shape index (κ1) is 15.1. The van der Waals surface area contributed by atoms with E-state index in [4.69, 9.17) is 10.00 Å². The molecule has 0 saturated carbocycles. The van der Waals surface area contributed by atoms with E-state index < -0.39 is 0 Å². The van der Waals surface area contributed by atoms with Crippen molar-refractivity contribution in [2.45, 2.75) is 6.42 Å². The van der Waals surface area contributed by atoms with Crippen LogP contribution in [-0.2, 0) is 4.79 Å². The summed E-state index contributed by atoms with van der Waals surface area (Å²) in [5.41, 5.74) is 1.67. The molecule has 21 heavy (non-hydrogen) atoms. The molecule has 1 aliphatic heterocycles. The van der Waals surface area contributed by atoms with Gasteiger partial charge in [0.25, 0.3) is 0 Å². The third-order valence-corrected chi connectivity index (χ3v) is 3.55. The molecule has 6 heteroatoms. The monoisotopic (exact) mass is 288 g/mol. The van der Waals surface area contributed by atoms with Crippen molar-refractivity contribution in [2.24, 2.45) is 0 Å². The number of carbonyl (C=O) groups is 1. The molecule has 112 valence electrons. The fraction of sp³-hybridized carbons (Fsp3) is 0.467. The van der Waals surface area contributed by atoms with E-state index in [1.165, 1.54) is 0 Å². The van der Waals surface area contributed by atoms with Crippen molar-refractivity contribution < 1.29 is 9.53 Å². The van der Waals surface area contributed by atoms with E-state index in [9.17, 15) is 4.79 Å². The van der Waals surface area contributed by atoms with Crippen LogP contribution >= 0.6 is 0 Å². The number of nitrogens with one attached hydrogen (secondary N) is 1. The Morgan fingerprint density at radius 1 is 1.38 bits per heavy atom. The summed E-state index contributed by atoms with van der Waals surface area (Å²) in [7, 11) is 3.73. The van der Waals surface area contributed by atoms with Crippen LogP contribution in [0.1, 0.15) is 6.42 Å². The summed E-state index contributed by atoms with van der Waals surface area (Å²) in [6.45, 7) is 3.94. The molecule has 1 aromatic rings. The maximum Gasteiger partial charge on any atom is 0.238 e. The Labute approximate surface area is 124 Å². The van der Waals surface area contributed by atoms with Crippen LogP contribution in [-0.4, -0.2) is 51.1 Å². The van der Waals surface area contributed by atoms with Crippen LogP contribution in [0.25, 0.3) is 0 Å². The van der Waals surface area contributed by atoms with E-state index in [0.29, 0.717) is 5.69 Å². The number of benzene rings is 1. The van der Waals surface area contributed by atoms with E-state index >= 15 is 0 Å². The van der Waals surface area contributed by atoms with E-state index in [1.54, 1.807) is 13.2 Å². The molecule has 0 radical (unpaired) electrons. The normalized spacial score (nSPS) is 15.4. The van der Waals surface area contributed by atoms with Crippen molar-refractivity contribution in [3.8, 4) is 11.8 Å². The number of anilines is 2. The van der Waals surface area contributed by atoms with Gasteiger partial charge in [0.2, 0.25) is 5.91 Å². The molecule has 0 atom stereocenters. The molecular formula is C15H20N4O2. The molecule has 1 aromatic carbocycles. The summed E-state index contributed by atoms with van der Waals surface area (Å²) in [6, 6.07) is 7.41. The molecule has 1 saturated heterocycles. The maximum absolute atomic E-state index is 11.4. The van der Waals surface area contributed by atoms with Crippen LogP contribution < -0.4 is 15.0 Å². The summed E-state index contributed by atoms with van der Waals surface area (Å²) in [5, 5.41) is 11.2. The van der Waals surface area contributed by atoms with Crippen LogP contribution in [0, 0.1) is 11.3 Å². The Balaban J connectivity index is 2.13. The first-order valence-electron chi connectivity index (χ1n) is 6.92. The second kappa shape index (κ2) is 6.95. The molecule has 0 aromatic heterocycles. The lowest BCUT2D eigenvalue weighted by Crippen LogP contribution is -2.44. The average molecular weight is 288 g/mol. The van der Waals surface area contributed by atoms with Crippen molar-refractivity contribution >= 4 is 17.3 Å². The predicted octanol–water partition coefficient (Wildman–Crippen LogP) is 1.30. The second-order valence-corrected chi connectivity index (χ2v) is 5.06. The van der Waals surface area contributed by atoms with E-state index in [0.717, 1.165) is 37.6 Å². The number of hydrogen-bond acceptors (Lipinski definition) is 5. The lowest BCUT2D eigenvalue weighted by Gasteiger charge is -2.34. The highest BCUT2D eigenvalue weighted by Gasteiger charge is 2.18. The lowest BCUT2D eigenvalue weighted by atomic mass is 10.2. The average Bonchev–Trinajstić information content (AvgIpc) is 2.48. The van der Waals surface area contributed by atoms with Gasteiger partial charge in [-0.1, -0.05) is 0 Å². The first-order chi connectivity index (χ1) is 10.1. The van der Waals surface area contributed by atoms with Gasteiger partial charge in [-0.3, -0.25) is 4.79 Å². The second-order valence-electron chi connectivity index (χ2n) is 5.06. The molecule has 0 unspecified atom stereocenters. The number of nitriles is 1. The Morgan fingerprint density at radius 3 is 2.71 bits per heavy atom. The molecule has 6 nitrogen and oxygen atoms in total. The van der Waals surface area contributed by atoms with Gasteiger partial charge in [-0.05, 0) is 19.2 Å². The fourth-order valence-corrected chi connectivity index (χ4v) is 2.34. The quantitative estimate of drug-likeness (QED) is 0.904. The summed E-state index contributed by atoms with van der Waals surface area (Å²) < 4.78 is 5.44. The van der Waals surface area contributed by atoms with Gasteiger partial charge in [0.05, 0.1) is 18.9 Å². The van der Waals surface area contributed by atoms with Gasteiger partial charge >= 0.3 is 0 Å². The van der Waals surface area contributed by atoms with E-state index in [1.807, 2.05) is 18.2 Å². The molecule has 1 heterocycles. The smallest absolute Gasteiger partial charge is 0.238 e. The standard InChI is InChI=1S/C15H20N4O2/c1-18-7-9-19(10-8-18)13-4-3-12(11-14(13)21-2)17-15(20)5-6-16/h3-4,11H,5,7-10H2,1-2H3,(H,17,20). The fourth-order valence-electron chi connectivity index (χ4n) is 2.34. The summed E-state index contributed by atoms with van der Waals surface area (Å²) in [5.74, 6) is 0.418. The van der Waals surface area contributed by atoms with Gasteiger partial charge < -0.3 is 19.9 Å². The minimum atomic E-state index is -0.313. The van der Waals surface area contributed by atoms with Crippen molar-refractivity contribution in [1.82, 2.24) is 4.90 Å². The van der Waals surface area contributed by atoms with Crippen molar-refractivity contribution in [1.29, 1.82) is 5.26 Å². The molecule has 1 N–H and O–H groups in total. The van der Waals surface area contributed by atoms with E-state index in [-0.39, 0.29) is 12.3 Å². The molecule has 1 fully saturated rings. The van der Waals surface area contributed by atoms with Crippen molar-refractivity contribution in [3.05, 3.63) is 18.2 Å². The third kappa shape index (κ3) is 3.86. The molecule has 0 aliphatic carbocycles. The Kier molecular flexibility index (Phi) is 5.01. The van der Waals surface area contributed by atoms with E-state index in [2.05, 4.69) is 22.2 Å². The zero-order chi connectivity index (χ0) is 15.2. The van der Waals surface area contributed by atoms with Gasteiger partial charge in [-0.15, -0.1) is 0 Å². The van der Waals surface area contributed by atoms with Gasteiger partial charge in [-0.2, -0.15) is 5.26 Å². The topological polar surface area (TPSA) is 68.6 Å². The number of nitrogens with zero attached hydrogens (tertiary/aromatic N) is 3. The lowest BCUT2D eigenvalue weighted by molar-refractivity contribution is -0.115.